The highest BCUT2D eigenvalue weighted by molar-refractivity contribution is 5.68. The molecule has 6 rings (SSSR count). The highest BCUT2D eigenvalue weighted by Crippen LogP contribution is 2.33. The largest absolute Gasteiger partial charge is 0.496 e. The third-order valence-electron chi connectivity index (χ3n) is 6.72. The number of halogens is 1. The number of aromatic nitrogens is 5. The standard InChI is InChI=1S/C25H24FN7O/c1-31-14-18-11-17(31)15-32(18)22-7-4-8-23(30-22)33-13-16(12-28-33)20-9-10-27-25(29-20)24-19(26)5-3-6-21(24)34-2/h3-10,12-13,17-18H,11,14-15H2,1-2H3/t17-,18-/m0/s1. The zero-order chi connectivity index (χ0) is 23.2. The van der Waals surface area contributed by atoms with Gasteiger partial charge in [-0.2, -0.15) is 5.10 Å². The molecule has 1 aromatic carbocycles. The van der Waals surface area contributed by atoms with Crippen LogP contribution in [0.4, 0.5) is 10.2 Å². The van der Waals surface area contributed by atoms with Crippen LogP contribution in [0.5, 0.6) is 5.75 Å². The topological polar surface area (TPSA) is 72.2 Å². The van der Waals surface area contributed by atoms with Gasteiger partial charge < -0.3 is 9.64 Å². The first kappa shape index (κ1) is 20.7. The van der Waals surface area contributed by atoms with E-state index in [0.717, 1.165) is 30.3 Å². The van der Waals surface area contributed by atoms with E-state index < -0.39 is 5.82 Å². The summed E-state index contributed by atoms with van der Waals surface area (Å²) in [7, 11) is 3.69. The number of pyridine rings is 1. The number of ether oxygens (including phenoxy) is 1. The highest BCUT2D eigenvalue weighted by atomic mass is 19.1. The van der Waals surface area contributed by atoms with E-state index in [4.69, 9.17) is 9.72 Å². The maximum atomic E-state index is 14.5. The van der Waals surface area contributed by atoms with Gasteiger partial charge in [0.15, 0.2) is 11.6 Å². The van der Waals surface area contributed by atoms with Gasteiger partial charge in [-0.3, -0.25) is 4.90 Å². The summed E-state index contributed by atoms with van der Waals surface area (Å²) in [6.07, 6.45) is 6.41. The van der Waals surface area contributed by atoms with Crippen LogP contribution in [0.2, 0.25) is 0 Å². The third-order valence-corrected chi connectivity index (χ3v) is 6.72. The minimum absolute atomic E-state index is 0.235. The summed E-state index contributed by atoms with van der Waals surface area (Å²) in [4.78, 5) is 18.6. The Kier molecular flexibility index (Phi) is 4.99. The van der Waals surface area contributed by atoms with Crippen LogP contribution < -0.4 is 9.64 Å². The van der Waals surface area contributed by atoms with E-state index in [0.29, 0.717) is 23.5 Å². The fourth-order valence-electron chi connectivity index (χ4n) is 4.96. The van der Waals surface area contributed by atoms with Gasteiger partial charge in [-0.15, -0.1) is 0 Å². The predicted molar refractivity (Wildman–Crippen MR) is 127 cm³/mol. The van der Waals surface area contributed by atoms with E-state index in [1.54, 1.807) is 35.3 Å². The van der Waals surface area contributed by atoms with Gasteiger partial charge in [-0.25, -0.2) is 24.0 Å². The van der Waals surface area contributed by atoms with Crippen LogP contribution in [-0.2, 0) is 0 Å². The van der Waals surface area contributed by atoms with Crippen molar-refractivity contribution in [1.82, 2.24) is 29.6 Å². The van der Waals surface area contributed by atoms with Gasteiger partial charge >= 0.3 is 0 Å². The maximum absolute atomic E-state index is 14.5. The molecule has 2 atom stereocenters. The molecule has 0 radical (unpaired) electrons. The first-order chi connectivity index (χ1) is 16.6. The summed E-state index contributed by atoms with van der Waals surface area (Å²) in [5, 5.41) is 4.51. The molecule has 4 aromatic rings. The van der Waals surface area contributed by atoms with E-state index in [9.17, 15) is 4.39 Å². The molecule has 2 saturated heterocycles. The molecule has 0 spiro atoms. The quantitative estimate of drug-likeness (QED) is 0.455. The molecule has 9 heteroatoms. The van der Waals surface area contributed by atoms with E-state index in [1.807, 2.05) is 18.3 Å². The molecule has 0 saturated carbocycles. The Morgan fingerprint density at radius 1 is 1.00 bits per heavy atom. The lowest BCUT2D eigenvalue weighted by Crippen LogP contribution is -2.44. The molecule has 0 aliphatic carbocycles. The van der Waals surface area contributed by atoms with Crippen molar-refractivity contribution in [3.8, 4) is 34.2 Å². The van der Waals surface area contributed by atoms with E-state index >= 15 is 0 Å². The average molecular weight is 458 g/mol. The monoisotopic (exact) mass is 457 g/mol. The molecular weight excluding hydrogens is 433 g/mol. The molecule has 0 amide bonds. The van der Waals surface area contributed by atoms with Crippen molar-refractivity contribution >= 4 is 5.82 Å². The number of methoxy groups -OCH3 is 1. The Morgan fingerprint density at radius 2 is 1.85 bits per heavy atom. The second kappa shape index (κ2) is 8.18. The van der Waals surface area contributed by atoms with Crippen LogP contribution in [0.25, 0.3) is 28.5 Å². The number of anilines is 1. The van der Waals surface area contributed by atoms with Gasteiger partial charge in [0, 0.05) is 43.1 Å². The molecule has 172 valence electrons. The Morgan fingerprint density at radius 3 is 2.65 bits per heavy atom. The second-order valence-corrected chi connectivity index (χ2v) is 8.75. The van der Waals surface area contributed by atoms with Gasteiger partial charge in [0.2, 0.25) is 0 Å². The normalized spacial score (nSPS) is 19.7. The number of rotatable bonds is 5. The Balaban J connectivity index is 1.30. The van der Waals surface area contributed by atoms with E-state index in [1.165, 1.54) is 19.6 Å². The van der Waals surface area contributed by atoms with Crippen LogP contribution >= 0.6 is 0 Å². The molecule has 34 heavy (non-hydrogen) atoms. The smallest absolute Gasteiger partial charge is 0.166 e. The summed E-state index contributed by atoms with van der Waals surface area (Å²) < 4.78 is 21.6. The van der Waals surface area contributed by atoms with Crippen LogP contribution in [0, 0.1) is 5.82 Å². The van der Waals surface area contributed by atoms with Crippen molar-refractivity contribution in [3.63, 3.8) is 0 Å². The Labute approximate surface area is 196 Å². The Bertz CT molecular complexity index is 1350. The highest BCUT2D eigenvalue weighted by Gasteiger charge is 2.41. The molecule has 2 aliphatic heterocycles. The number of benzene rings is 1. The minimum atomic E-state index is -0.435. The first-order valence-corrected chi connectivity index (χ1v) is 11.3. The van der Waals surface area contributed by atoms with Crippen LogP contribution in [-0.4, -0.2) is 69.0 Å². The molecule has 2 bridgehead atoms. The van der Waals surface area contributed by atoms with Crippen molar-refractivity contribution in [2.45, 2.75) is 18.5 Å². The van der Waals surface area contributed by atoms with Crippen LogP contribution in [0.3, 0.4) is 0 Å². The van der Waals surface area contributed by atoms with Crippen molar-refractivity contribution in [1.29, 1.82) is 0 Å². The van der Waals surface area contributed by atoms with E-state index in [2.05, 4.69) is 38.0 Å². The number of nitrogens with zero attached hydrogens (tertiary/aromatic N) is 7. The fraction of sp³-hybridized carbons (Fsp3) is 0.280. The number of hydrogen-bond donors (Lipinski definition) is 0. The van der Waals surface area contributed by atoms with Gasteiger partial charge in [0.1, 0.15) is 17.4 Å². The summed E-state index contributed by atoms with van der Waals surface area (Å²) in [6, 6.07) is 13.6. The Hall–Kier alpha value is -3.85. The molecule has 2 fully saturated rings. The molecular formula is C25H24FN7O. The number of likely N-dealkylation sites (tertiary alicyclic amines) is 1. The molecule has 2 aliphatic rings. The third kappa shape index (κ3) is 3.49. The summed E-state index contributed by atoms with van der Waals surface area (Å²) >= 11 is 0. The maximum Gasteiger partial charge on any atom is 0.166 e. The van der Waals surface area contributed by atoms with Crippen molar-refractivity contribution in [2.75, 3.05) is 32.1 Å². The lowest BCUT2D eigenvalue weighted by Gasteiger charge is -2.32. The molecule has 8 nitrogen and oxygen atoms in total. The molecule has 3 aromatic heterocycles. The number of likely N-dealkylation sites (N-methyl/N-ethyl adjacent to an activating group) is 1. The SMILES string of the molecule is COc1cccc(F)c1-c1nccc(-c2cnn(-c3cccc(N4C[C@@H]5C[C@H]4CN5C)n3)c2)n1. The number of piperazine rings is 1. The first-order valence-electron chi connectivity index (χ1n) is 11.3. The van der Waals surface area contributed by atoms with E-state index in [-0.39, 0.29) is 11.4 Å². The second-order valence-electron chi connectivity index (χ2n) is 8.75. The zero-order valence-electron chi connectivity index (χ0n) is 19.0. The summed E-state index contributed by atoms with van der Waals surface area (Å²) in [5.74, 6) is 1.93. The van der Waals surface area contributed by atoms with Crippen molar-refractivity contribution < 1.29 is 9.13 Å². The minimum Gasteiger partial charge on any atom is -0.496 e. The molecule has 0 N–H and O–H groups in total. The predicted octanol–water partition coefficient (Wildman–Crippen LogP) is 3.43. The van der Waals surface area contributed by atoms with Gasteiger partial charge in [-0.1, -0.05) is 12.1 Å². The molecule has 5 heterocycles. The van der Waals surface area contributed by atoms with Crippen molar-refractivity contribution in [3.05, 3.63) is 66.9 Å². The number of fused-ring (bicyclic) bond motifs is 2. The zero-order valence-corrected chi connectivity index (χ0v) is 19.0. The van der Waals surface area contributed by atoms with Gasteiger partial charge in [-0.05, 0) is 43.8 Å². The summed E-state index contributed by atoms with van der Waals surface area (Å²) in [5.41, 5.74) is 1.66. The van der Waals surface area contributed by atoms with Crippen LogP contribution in [0.1, 0.15) is 6.42 Å². The summed E-state index contributed by atoms with van der Waals surface area (Å²) in [6.45, 7) is 2.08. The van der Waals surface area contributed by atoms with Gasteiger partial charge in [0.05, 0.1) is 24.6 Å². The van der Waals surface area contributed by atoms with Gasteiger partial charge in [0.25, 0.3) is 0 Å². The van der Waals surface area contributed by atoms with Crippen molar-refractivity contribution in [2.24, 2.45) is 0 Å². The number of hydrogen-bond acceptors (Lipinski definition) is 7. The lowest BCUT2D eigenvalue weighted by atomic mass is 10.1. The molecule has 0 unspecified atom stereocenters. The fourth-order valence-corrected chi connectivity index (χ4v) is 4.96. The van der Waals surface area contributed by atoms with Crippen LogP contribution in [0.15, 0.2) is 61.1 Å². The lowest BCUT2D eigenvalue weighted by molar-refractivity contribution is 0.292. The average Bonchev–Trinajstić information content (AvgIpc) is 3.60.